The number of amides is 2. The average Bonchev–Trinajstić information content (AvgIpc) is 3.38. The first kappa shape index (κ1) is 16.5. The third kappa shape index (κ3) is 4.07. The average molecular weight is 303 g/mol. The van der Waals surface area contributed by atoms with Crippen LogP contribution >= 0.6 is 0 Å². The van der Waals surface area contributed by atoms with Crippen molar-refractivity contribution in [2.45, 2.75) is 32.7 Å². The zero-order chi connectivity index (χ0) is 16.1. The van der Waals surface area contributed by atoms with Crippen molar-refractivity contribution in [3.05, 3.63) is 35.4 Å². The molecule has 1 saturated carbocycles. The maximum absolute atomic E-state index is 12.2. The molecular formula is C17H25N3O2. The van der Waals surface area contributed by atoms with Crippen LogP contribution in [0, 0.1) is 5.92 Å². The molecule has 0 aliphatic heterocycles. The maximum Gasteiger partial charge on any atom is 0.253 e. The van der Waals surface area contributed by atoms with Gasteiger partial charge in [0.1, 0.15) is 0 Å². The molecule has 0 saturated heterocycles. The number of carbonyl (C=O) groups excluding carboxylic acids is 2. The monoisotopic (exact) mass is 303 g/mol. The number of hydrogen-bond donors (Lipinski definition) is 2. The van der Waals surface area contributed by atoms with Crippen LogP contribution in [-0.4, -0.2) is 42.4 Å². The Labute approximate surface area is 131 Å². The Morgan fingerprint density at radius 2 is 1.73 bits per heavy atom. The van der Waals surface area contributed by atoms with Crippen LogP contribution in [0.1, 0.15) is 47.4 Å². The molecule has 120 valence electrons. The normalized spacial score (nSPS) is 15.2. The second-order valence-corrected chi connectivity index (χ2v) is 5.77. The lowest BCUT2D eigenvalue weighted by Crippen LogP contribution is -2.38. The number of hydrogen-bond acceptors (Lipinski definition) is 3. The molecule has 0 spiro atoms. The van der Waals surface area contributed by atoms with Crippen LogP contribution in [0.5, 0.6) is 0 Å². The summed E-state index contributed by atoms with van der Waals surface area (Å²) in [6.07, 6.45) is 2.33. The van der Waals surface area contributed by atoms with Crippen molar-refractivity contribution < 1.29 is 9.59 Å². The second kappa shape index (κ2) is 7.40. The molecule has 1 aromatic rings. The summed E-state index contributed by atoms with van der Waals surface area (Å²) in [6.45, 7) is 5.76. The predicted octanol–water partition coefficient (Wildman–Crippen LogP) is 1.64. The summed E-state index contributed by atoms with van der Waals surface area (Å²) < 4.78 is 0. The van der Waals surface area contributed by atoms with Crippen molar-refractivity contribution in [1.82, 2.24) is 10.2 Å². The van der Waals surface area contributed by atoms with Gasteiger partial charge in [0.05, 0.1) is 0 Å². The standard InChI is InChI=1S/C17H25N3O2/c1-3-20(4-2)17(22)14-9-7-13(8-10-14)16(21)19-11-15(18)12-5-6-12/h7-10,12,15H,3-6,11,18H2,1-2H3,(H,19,21). The van der Waals surface area contributed by atoms with Crippen LogP contribution < -0.4 is 11.1 Å². The van der Waals surface area contributed by atoms with Crippen molar-refractivity contribution >= 4 is 11.8 Å². The van der Waals surface area contributed by atoms with Gasteiger partial charge in [0.15, 0.2) is 0 Å². The molecule has 3 N–H and O–H groups in total. The third-order valence-corrected chi connectivity index (χ3v) is 4.17. The minimum absolute atomic E-state index is 0.00675. The van der Waals surface area contributed by atoms with E-state index in [0.717, 1.165) is 0 Å². The molecule has 1 aliphatic rings. The van der Waals surface area contributed by atoms with Crippen molar-refractivity contribution in [2.24, 2.45) is 11.7 Å². The summed E-state index contributed by atoms with van der Waals surface area (Å²) in [7, 11) is 0. The van der Waals surface area contributed by atoms with E-state index in [1.54, 1.807) is 29.2 Å². The Balaban J connectivity index is 1.92. The highest BCUT2D eigenvalue weighted by molar-refractivity contribution is 5.97. The maximum atomic E-state index is 12.2. The van der Waals surface area contributed by atoms with Gasteiger partial charge < -0.3 is 16.0 Å². The second-order valence-electron chi connectivity index (χ2n) is 5.77. The molecular weight excluding hydrogens is 278 g/mol. The molecule has 2 amide bonds. The number of nitrogens with two attached hydrogens (primary N) is 1. The van der Waals surface area contributed by atoms with Gasteiger partial charge in [-0.2, -0.15) is 0 Å². The molecule has 2 rings (SSSR count). The SMILES string of the molecule is CCN(CC)C(=O)c1ccc(C(=O)NCC(N)C2CC2)cc1. The highest BCUT2D eigenvalue weighted by Gasteiger charge is 2.28. The van der Waals surface area contributed by atoms with Gasteiger partial charge in [-0.25, -0.2) is 0 Å². The van der Waals surface area contributed by atoms with E-state index in [1.807, 2.05) is 13.8 Å². The predicted molar refractivity (Wildman–Crippen MR) is 86.7 cm³/mol. The van der Waals surface area contributed by atoms with Gasteiger partial charge in [-0.1, -0.05) is 0 Å². The van der Waals surface area contributed by atoms with Gasteiger partial charge in [-0.15, -0.1) is 0 Å². The Morgan fingerprint density at radius 3 is 2.23 bits per heavy atom. The number of rotatable bonds is 7. The summed E-state index contributed by atoms with van der Waals surface area (Å²) in [5, 5.41) is 2.85. The minimum Gasteiger partial charge on any atom is -0.350 e. The number of benzene rings is 1. The lowest BCUT2D eigenvalue weighted by atomic mass is 10.1. The first-order chi connectivity index (χ1) is 10.6. The number of nitrogens with one attached hydrogen (secondary N) is 1. The molecule has 1 unspecified atom stereocenters. The van der Waals surface area contributed by atoms with Gasteiger partial charge >= 0.3 is 0 Å². The highest BCUT2D eigenvalue weighted by Crippen LogP contribution is 2.31. The van der Waals surface area contributed by atoms with E-state index in [1.165, 1.54) is 12.8 Å². The van der Waals surface area contributed by atoms with E-state index in [2.05, 4.69) is 5.32 Å². The van der Waals surface area contributed by atoms with Crippen LogP contribution in [0.3, 0.4) is 0 Å². The molecule has 5 nitrogen and oxygen atoms in total. The summed E-state index contributed by atoms with van der Waals surface area (Å²) in [6, 6.07) is 6.84. The molecule has 1 aliphatic carbocycles. The van der Waals surface area contributed by atoms with Gasteiger partial charge in [0.25, 0.3) is 11.8 Å². The first-order valence-corrected chi connectivity index (χ1v) is 7.99. The number of nitrogens with zero attached hydrogens (tertiary/aromatic N) is 1. The lowest BCUT2D eigenvalue weighted by molar-refractivity contribution is 0.0772. The number of carbonyl (C=O) groups is 2. The molecule has 1 atom stereocenters. The molecule has 0 bridgehead atoms. The summed E-state index contributed by atoms with van der Waals surface area (Å²) >= 11 is 0. The largest absolute Gasteiger partial charge is 0.350 e. The molecule has 1 fully saturated rings. The highest BCUT2D eigenvalue weighted by atomic mass is 16.2. The zero-order valence-corrected chi connectivity index (χ0v) is 13.3. The van der Waals surface area contributed by atoms with Gasteiger partial charge in [-0.3, -0.25) is 9.59 Å². The molecule has 0 heterocycles. The molecule has 0 radical (unpaired) electrons. The zero-order valence-electron chi connectivity index (χ0n) is 13.3. The molecule has 5 heteroatoms. The van der Waals surface area contributed by atoms with Gasteiger partial charge in [-0.05, 0) is 56.9 Å². The third-order valence-electron chi connectivity index (χ3n) is 4.17. The van der Waals surface area contributed by atoms with E-state index in [9.17, 15) is 9.59 Å². The molecule has 1 aromatic carbocycles. The fourth-order valence-corrected chi connectivity index (χ4v) is 2.46. The Kier molecular flexibility index (Phi) is 5.55. The first-order valence-electron chi connectivity index (χ1n) is 7.99. The summed E-state index contributed by atoms with van der Waals surface area (Å²) in [5.41, 5.74) is 7.13. The van der Waals surface area contributed by atoms with Crippen molar-refractivity contribution in [3.8, 4) is 0 Å². The van der Waals surface area contributed by atoms with Gasteiger partial charge in [0, 0.05) is 36.8 Å². The van der Waals surface area contributed by atoms with Crippen LogP contribution in [0.4, 0.5) is 0 Å². The fraction of sp³-hybridized carbons (Fsp3) is 0.529. The topological polar surface area (TPSA) is 75.4 Å². The van der Waals surface area contributed by atoms with Crippen molar-refractivity contribution in [3.63, 3.8) is 0 Å². The van der Waals surface area contributed by atoms with Crippen LogP contribution in [0.15, 0.2) is 24.3 Å². The van der Waals surface area contributed by atoms with Gasteiger partial charge in [0.2, 0.25) is 0 Å². The van der Waals surface area contributed by atoms with Crippen LogP contribution in [-0.2, 0) is 0 Å². The van der Waals surface area contributed by atoms with Crippen molar-refractivity contribution in [1.29, 1.82) is 0 Å². The van der Waals surface area contributed by atoms with Crippen LogP contribution in [0.25, 0.3) is 0 Å². The molecule has 22 heavy (non-hydrogen) atoms. The van der Waals surface area contributed by atoms with E-state index >= 15 is 0 Å². The molecule has 0 aromatic heterocycles. The summed E-state index contributed by atoms with van der Waals surface area (Å²) in [5.74, 6) is 0.417. The van der Waals surface area contributed by atoms with E-state index in [0.29, 0.717) is 36.7 Å². The summed E-state index contributed by atoms with van der Waals surface area (Å²) in [4.78, 5) is 26.0. The van der Waals surface area contributed by atoms with Crippen molar-refractivity contribution in [2.75, 3.05) is 19.6 Å². The smallest absolute Gasteiger partial charge is 0.253 e. The van der Waals surface area contributed by atoms with E-state index < -0.39 is 0 Å². The Morgan fingerprint density at radius 1 is 1.18 bits per heavy atom. The lowest BCUT2D eigenvalue weighted by Gasteiger charge is -2.18. The quantitative estimate of drug-likeness (QED) is 0.804. The Bertz CT molecular complexity index is 519. The van der Waals surface area contributed by atoms with E-state index in [-0.39, 0.29) is 17.9 Å². The van der Waals surface area contributed by atoms with E-state index in [4.69, 9.17) is 5.73 Å². The minimum atomic E-state index is -0.141. The Hall–Kier alpha value is -1.88. The fourth-order valence-electron chi connectivity index (χ4n) is 2.46. The van der Waals surface area contributed by atoms with Crippen LogP contribution in [0.2, 0.25) is 0 Å².